The van der Waals surface area contributed by atoms with Crippen molar-refractivity contribution in [2.45, 2.75) is 26.7 Å². The number of anilines is 4. The zero-order valence-corrected chi connectivity index (χ0v) is 36.9. The van der Waals surface area contributed by atoms with Gasteiger partial charge in [-0.1, -0.05) is 0 Å². The van der Waals surface area contributed by atoms with Gasteiger partial charge in [0.05, 0.1) is 60.9 Å². The van der Waals surface area contributed by atoms with Gasteiger partial charge in [0.25, 0.3) is 0 Å². The lowest BCUT2D eigenvalue weighted by atomic mass is 10.1. The summed E-state index contributed by atoms with van der Waals surface area (Å²) >= 11 is 0. The van der Waals surface area contributed by atoms with E-state index in [4.69, 9.17) is 19.4 Å². The number of hydrogen-bond acceptors (Lipinski definition) is 18. The van der Waals surface area contributed by atoms with Crippen molar-refractivity contribution >= 4 is 57.3 Å². The van der Waals surface area contributed by atoms with Gasteiger partial charge in [-0.2, -0.15) is 20.8 Å². The number of nitrogens with zero attached hydrogens (tertiary/aromatic N) is 12. The quantitative estimate of drug-likeness (QED) is 0.0519. The third kappa shape index (κ3) is 12.2. The summed E-state index contributed by atoms with van der Waals surface area (Å²) < 4.78 is 12.0. The average Bonchev–Trinajstić information content (AvgIpc) is 4.05. The fourth-order valence-electron chi connectivity index (χ4n) is 6.78. The monoisotopic (exact) mass is 912 g/mol. The highest BCUT2D eigenvalue weighted by Gasteiger charge is 2.16. The van der Waals surface area contributed by atoms with Crippen LogP contribution in [0.5, 0.6) is 0 Å². The normalized spacial score (nSPS) is 11.1. The smallest absolute Gasteiger partial charge is 0.248 e. The van der Waals surface area contributed by atoms with E-state index in [2.05, 4.69) is 63.6 Å². The molecule has 2 amide bonds. The molecule has 0 unspecified atom stereocenters. The van der Waals surface area contributed by atoms with E-state index in [1.54, 1.807) is 84.9 Å². The molecule has 342 valence electrons. The van der Waals surface area contributed by atoms with E-state index in [0.717, 1.165) is 11.4 Å². The maximum atomic E-state index is 12.0. The van der Waals surface area contributed by atoms with Crippen LogP contribution in [-0.4, -0.2) is 81.8 Å². The van der Waals surface area contributed by atoms with Crippen LogP contribution in [0, 0.1) is 22.7 Å². The molecule has 0 atom stereocenters. The average molecular weight is 913 g/mol. The minimum Gasteiger partial charge on any atom is -0.416 e. The van der Waals surface area contributed by atoms with Crippen molar-refractivity contribution in [3.8, 4) is 58.0 Å². The third-order valence-corrected chi connectivity index (χ3v) is 10.0. The first-order valence-corrected chi connectivity index (χ1v) is 21.3. The van der Waals surface area contributed by atoms with E-state index in [1.807, 2.05) is 34.1 Å². The Kier molecular flexibility index (Phi) is 15.7. The van der Waals surface area contributed by atoms with Gasteiger partial charge in [0, 0.05) is 73.7 Å². The lowest BCUT2D eigenvalue weighted by molar-refractivity contribution is -0.115. The summed E-state index contributed by atoms with van der Waals surface area (Å²) in [5, 5.41) is 77.0. The van der Waals surface area contributed by atoms with Gasteiger partial charge in [-0.3, -0.25) is 9.59 Å². The molecule has 7 aromatic rings. The molecule has 0 aliphatic rings. The largest absolute Gasteiger partial charge is 0.416 e. The van der Waals surface area contributed by atoms with Crippen LogP contribution in [0.25, 0.3) is 45.8 Å². The van der Waals surface area contributed by atoms with E-state index in [9.17, 15) is 19.8 Å². The number of nitriles is 2. The molecule has 0 saturated heterocycles. The molecule has 4 N–H and O–H groups in total. The standard InChI is InChI=1S/C48H44N14O6/c1-31(65)51-43-29-39(61(25-27-63)23-3-21-49)17-19-41(43)55-53-37-13-9-35(10-14-37)47-59-57-45(67-47)33-5-7-34(8-6-33)46-58-60-48(68-46)36-11-15-38(16-12-36)54-56-42-20-18-40(30-44(42)52-32(2)66)62(26-28-64)24-4-22-50/h5-20,29-30,63-64H,3-4,23-28H2,1-2H3,(H,51,65)(H,52,66). The van der Waals surface area contributed by atoms with Gasteiger partial charge >= 0.3 is 0 Å². The van der Waals surface area contributed by atoms with Crippen molar-refractivity contribution in [1.82, 2.24) is 20.4 Å². The number of carbonyl (C=O) groups is 2. The van der Waals surface area contributed by atoms with E-state index in [1.165, 1.54) is 13.8 Å². The Balaban J connectivity index is 0.977. The first-order chi connectivity index (χ1) is 33.1. The number of aromatic nitrogens is 4. The van der Waals surface area contributed by atoms with Gasteiger partial charge in [-0.25, -0.2) is 0 Å². The highest BCUT2D eigenvalue weighted by molar-refractivity contribution is 5.93. The van der Waals surface area contributed by atoms with Crippen molar-refractivity contribution in [3.63, 3.8) is 0 Å². The predicted molar refractivity (Wildman–Crippen MR) is 253 cm³/mol. The minimum absolute atomic E-state index is 0.0931. The van der Waals surface area contributed by atoms with Gasteiger partial charge in [0.15, 0.2) is 0 Å². The maximum Gasteiger partial charge on any atom is 0.248 e. The molecule has 68 heavy (non-hydrogen) atoms. The van der Waals surface area contributed by atoms with Crippen LogP contribution in [0.3, 0.4) is 0 Å². The Morgan fingerprint density at radius 3 is 1.18 bits per heavy atom. The van der Waals surface area contributed by atoms with Gasteiger partial charge in [-0.15, -0.1) is 30.6 Å². The second kappa shape index (κ2) is 22.8. The number of aliphatic hydroxyl groups is 2. The second-order valence-electron chi connectivity index (χ2n) is 14.9. The topological polar surface area (TPSA) is 280 Å². The van der Waals surface area contributed by atoms with Crippen molar-refractivity contribution < 1.29 is 28.6 Å². The van der Waals surface area contributed by atoms with Crippen LogP contribution in [-0.2, 0) is 9.59 Å². The first kappa shape index (κ1) is 47.0. The molecule has 0 bridgehead atoms. The Morgan fingerprint density at radius 2 is 0.868 bits per heavy atom. The van der Waals surface area contributed by atoms with Gasteiger partial charge in [-0.05, 0) is 109 Å². The molecule has 0 aliphatic heterocycles. The van der Waals surface area contributed by atoms with Crippen LogP contribution < -0.4 is 20.4 Å². The van der Waals surface area contributed by atoms with E-state index < -0.39 is 0 Å². The van der Waals surface area contributed by atoms with Gasteiger partial charge in [0.2, 0.25) is 35.4 Å². The zero-order valence-electron chi connectivity index (χ0n) is 36.9. The molecule has 0 aliphatic carbocycles. The van der Waals surface area contributed by atoms with Crippen LogP contribution in [0.4, 0.5) is 45.5 Å². The molecule has 2 aromatic heterocycles. The molecule has 7 rings (SSSR count). The van der Waals surface area contributed by atoms with E-state index >= 15 is 0 Å². The molecule has 0 radical (unpaired) electrons. The summed E-state index contributed by atoms with van der Waals surface area (Å²) in [6, 6.07) is 36.1. The molecular formula is C48H44N14O6. The van der Waals surface area contributed by atoms with Crippen molar-refractivity contribution in [2.24, 2.45) is 20.5 Å². The molecule has 0 saturated carbocycles. The number of amides is 2. The highest BCUT2D eigenvalue weighted by atomic mass is 16.4. The number of rotatable bonds is 20. The molecule has 0 spiro atoms. The van der Waals surface area contributed by atoms with Crippen LogP contribution in [0.15, 0.2) is 138 Å². The fraction of sp³-hybridized carbons (Fsp3) is 0.208. The van der Waals surface area contributed by atoms with Gasteiger partial charge < -0.3 is 39.5 Å². The number of hydrogen-bond donors (Lipinski definition) is 4. The summed E-state index contributed by atoms with van der Waals surface area (Å²) in [5.41, 5.74) is 6.92. The molecule has 5 aromatic carbocycles. The van der Waals surface area contributed by atoms with E-state index in [-0.39, 0.29) is 37.9 Å². The molecule has 2 heterocycles. The summed E-state index contributed by atoms with van der Waals surface area (Å²) in [4.78, 5) is 27.7. The lowest BCUT2D eigenvalue weighted by Crippen LogP contribution is -2.27. The number of carbonyl (C=O) groups excluding carboxylic acids is 2. The Labute approximate surface area is 389 Å². The number of azo groups is 2. The van der Waals surface area contributed by atoms with Crippen molar-refractivity contribution in [2.75, 3.05) is 59.8 Å². The second-order valence-corrected chi connectivity index (χ2v) is 14.9. The highest BCUT2D eigenvalue weighted by Crippen LogP contribution is 2.35. The fourth-order valence-corrected chi connectivity index (χ4v) is 6.78. The number of nitrogens with one attached hydrogen (secondary N) is 2. The Morgan fingerprint density at radius 1 is 0.529 bits per heavy atom. The SMILES string of the molecule is CC(=O)Nc1cc(N(CCO)CCC#N)ccc1N=Nc1ccc(-c2nnc(-c3ccc(-c4nnc(-c5ccc(N=Nc6ccc(N(CCO)CCC#N)cc6NC(C)=O)cc5)o4)cc3)o2)cc1. The first-order valence-electron chi connectivity index (χ1n) is 21.3. The third-order valence-electron chi connectivity index (χ3n) is 10.0. The predicted octanol–water partition coefficient (Wildman–Crippen LogP) is 9.29. The number of aliphatic hydroxyl groups excluding tert-OH is 2. The molecule has 20 nitrogen and oxygen atoms in total. The van der Waals surface area contributed by atoms with Crippen molar-refractivity contribution in [1.29, 1.82) is 10.5 Å². The van der Waals surface area contributed by atoms with Crippen LogP contribution in [0.2, 0.25) is 0 Å². The minimum atomic E-state index is -0.285. The van der Waals surface area contributed by atoms with E-state index in [0.29, 0.717) is 106 Å². The zero-order chi connectivity index (χ0) is 47.8. The Hall–Kier alpha value is -8.98. The van der Waals surface area contributed by atoms with Crippen LogP contribution >= 0.6 is 0 Å². The summed E-state index contributed by atoms with van der Waals surface area (Å²) in [6.07, 6.45) is 0.553. The summed E-state index contributed by atoms with van der Waals surface area (Å²) in [7, 11) is 0. The molecular weight excluding hydrogens is 869 g/mol. The maximum absolute atomic E-state index is 12.0. The molecule has 0 fully saturated rings. The van der Waals surface area contributed by atoms with Crippen LogP contribution in [0.1, 0.15) is 26.7 Å². The molecule has 20 heteroatoms. The van der Waals surface area contributed by atoms with Crippen molar-refractivity contribution in [3.05, 3.63) is 109 Å². The lowest BCUT2D eigenvalue weighted by Gasteiger charge is -2.23. The summed E-state index contributed by atoms with van der Waals surface area (Å²) in [5.74, 6) is 0.635. The summed E-state index contributed by atoms with van der Waals surface area (Å²) in [6.45, 7) is 4.10. The van der Waals surface area contributed by atoms with Gasteiger partial charge in [0.1, 0.15) is 11.4 Å². The number of benzene rings is 5. The Bertz CT molecular complexity index is 2790.